The van der Waals surface area contributed by atoms with Gasteiger partial charge in [0.1, 0.15) is 5.65 Å². The number of aromatic amines is 1. The van der Waals surface area contributed by atoms with Crippen LogP contribution < -0.4 is 10.6 Å². The van der Waals surface area contributed by atoms with E-state index >= 15 is 0 Å². The summed E-state index contributed by atoms with van der Waals surface area (Å²) >= 11 is 0. The van der Waals surface area contributed by atoms with E-state index in [0.29, 0.717) is 6.42 Å². The van der Waals surface area contributed by atoms with Crippen molar-refractivity contribution >= 4 is 29.3 Å². The lowest BCUT2D eigenvalue weighted by molar-refractivity contribution is -0.121. The third-order valence-electron chi connectivity index (χ3n) is 3.31. The molecule has 0 radical (unpaired) electrons. The summed E-state index contributed by atoms with van der Waals surface area (Å²) in [6, 6.07) is 4.15. The summed E-state index contributed by atoms with van der Waals surface area (Å²) in [5.41, 5.74) is 1.84. The van der Waals surface area contributed by atoms with Crippen LogP contribution in [0.25, 0.3) is 11.0 Å². The molecule has 3 heterocycles. The van der Waals surface area contributed by atoms with Crippen LogP contribution in [0.5, 0.6) is 0 Å². The molecule has 3 rings (SSSR count). The molecule has 0 aliphatic carbocycles. The summed E-state index contributed by atoms with van der Waals surface area (Å²) in [5.74, 6) is 0.0773. The zero-order valence-corrected chi connectivity index (χ0v) is 11.3. The Hall–Kier alpha value is -1.59. The van der Waals surface area contributed by atoms with Crippen molar-refractivity contribution < 1.29 is 4.79 Å². The molecule has 0 spiro atoms. The Bertz CT molecular complexity index is 563. The predicted molar refractivity (Wildman–Crippen MR) is 76.5 cm³/mol. The van der Waals surface area contributed by atoms with Crippen LogP contribution >= 0.6 is 12.4 Å². The summed E-state index contributed by atoms with van der Waals surface area (Å²) in [5, 5.41) is 7.31. The maximum Gasteiger partial charge on any atom is 0.224 e. The van der Waals surface area contributed by atoms with E-state index in [1.165, 1.54) is 0 Å². The van der Waals surface area contributed by atoms with Gasteiger partial charge >= 0.3 is 0 Å². The standard InChI is InChI=1S/C13H16N4O.ClH/c18-12(17-10-3-5-14-8-10)6-9-7-16-13-11(9)2-1-4-15-13;/h1-2,4,7,10,14H,3,5-6,8H2,(H,15,16)(H,17,18);1H. The molecule has 0 bridgehead atoms. The molecule has 0 aromatic carbocycles. The van der Waals surface area contributed by atoms with Crippen molar-refractivity contribution in [2.24, 2.45) is 0 Å². The normalized spacial score (nSPS) is 18.2. The van der Waals surface area contributed by atoms with E-state index in [2.05, 4.69) is 20.6 Å². The number of hydrogen-bond donors (Lipinski definition) is 3. The van der Waals surface area contributed by atoms with Crippen molar-refractivity contribution in [2.75, 3.05) is 13.1 Å². The van der Waals surface area contributed by atoms with Gasteiger partial charge in [0, 0.05) is 30.4 Å². The van der Waals surface area contributed by atoms with Gasteiger partial charge in [-0.1, -0.05) is 0 Å². The highest BCUT2D eigenvalue weighted by Gasteiger charge is 2.17. The van der Waals surface area contributed by atoms with Crippen LogP contribution in [0, 0.1) is 0 Å². The van der Waals surface area contributed by atoms with Crippen molar-refractivity contribution in [1.82, 2.24) is 20.6 Å². The maximum atomic E-state index is 11.9. The highest BCUT2D eigenvalue weighted by Crippen LogP contribution is 2.16. The minimum atomic E-state index is 0. The number of hydrogen-bond acceptors (Lipinski definition) is 3. The van der Waals surface area contributed by atoms with Gasteiger partial charge in [0.15, 0.2) is 0 Å². The highest BCUT2D eigenvalue weighted by molar-refractivity contribution is 5.87. The number of fused-ring (bicyclic) bond motifs is 1. The number of amides is 1. The highest BCUT2D eigenvalue weighted by atomic mass is 35.5. The van der Waals surface area contributed by atoms with Gasteiger partial charge in [-0.25, -0.2) is 4.98 Å². The number of carbonyl (C=O) groups is 1. The smallest absolute Gasteiger partial charge is 0.224 e. The van der Waals surface area contributed by atoms with Crippen LogP contribution in [-0.2, 0) is 11.2 Å². The maximum absolute atomic E-state index is 11.9. The second-order valence-corrected chi connectivity index (χ2v) is 4.65. The summed E-state index contributed by atoms with van der Waals surface area (Å²) < 4.78 is 0. The first-order chi connectivity index (χ1) is 8.83. The van der Waals surface area contributed by atoms with Gasteiger partial charge < -0.3 is 15.6 Å². The minimum Gasteiger partial charge on any atom is -0.352 e. The summed E-state index contributed by atoms with van der Waals surface area (Å²) in [7, 11) is 0. The van der Waals surface area contributed by atoms with Gasteiger partial charge in [0.05, 0.1) is 6.42 Å². The van der Waals surface area contributed by atoms with Crippen LogP contribution in [0.1, 0.15) is 12.0 Å². The van der Waals surface area contributed by atoms with E-state index in [9.17, 15) is 4.79 Å². The van der Waals surface area contributed by atoms with Gasteiger partial charge in [-0.3, -0.25) is 4.79 Å². The van der Waals surface area contributed by atoms with Gasteiger partial charge in [0.2, 0.25) is 5.91 Å². The first-order valence-electron chi connectivity index (χ1n) is 6.24. The summed E-state index contributed by atoms with van der Waals surface area (Å²) in [4.78, 5) is 19.2. The zero-order valence-electron chi connectivity index (χ0n) is 10.5. The van der Waals surface area contributed by atoms with Gasteiger partial charge in [-0.2, -0.15) is 0 Å². The van der Waals surface area contributed by atoms with Crippen LogP contribution in [0.15, 0.2) is 24.5 Å². The van der Waals surface area contributed by atoms with E-state index < -0.39 is 0 Å². The zero-order chi connectivity index (χ0) is 12.4. The van der Waals surface area contributed by atoms with Crippen molar-refractivity contribution in [1.29, 1.82) is 0 Å². The van der Waals surface area contributed by atoms with Crippen molar-refractivity contribution in [2.45, 2.75) is 18.9 Å². The number of nitrogens with zero attached hydrogens (tertiary/aromatic N) is 1. The fourth-order valence-electron chi connectivity index (χ4n) is 2.39. The van der Waals surface area contributed by atoms with Gasteiger partial charge in [-0.15, -0.1) is 12.4 Å². The van der Waals surface area contributed by atoms with Crippen molar-refractivity contribution in [3.8, 4) is 0 Å². The quantitative estimate of drug-likeness (QED) is 0.786. The Morgan fingerprint density at radius 1 is 1.53 bits per heavy atom. The largest absolute Gasteiger partial charge is 0.352 e. The van der Waals surface area contributed by atoms with Crippen molar-refractivity contribution in [3.05, 3.63) is 30.1 Å². The van der Waals surface area contributed by atoms with Gasteiger partial charge in [0.25, 0.3) is 0 Å². The number of H-pyrrole nitrogens is 1. The molecule has 6 heteroatoms. The van der Waals surface area contributed by atoms with E-state index in [4.69, 9.17) is 0 Å². The predicted octanol–water partition coefficient (Wildman–Crippen LogP) is 1.01. The molecular weight excluding hydrogens is 264 g/mol. The molecule has 3 N–H and O–H groups in total. The number of rotatable bonds is 3. The second kappa shape index (κ2) is 6.04. The molecule has 1 aliphatic rings. The molecule has 5 nitrogen and oxygen atoms in total. The first kappa shape index (κ1) is 13.8. The lowest BCUT2D eigenvalue weighted by atomic mass is 10.1. The molecule has 1 amide bonds. The molecule has 102 valence electrons. The molecule has 1 atom stereocenters. The molecular formula is C13H17ClN4O. The third-order valence-corrected chi connectivity index (χ3v) is 3.31. The molecule has 1 unspecified atom stereocenters. The van der Waals surface area contributed by atoms with Crippen LogP contribution in [0.4, 0.5) is 0 Å². The van der Waals surface area contributed by atoms with Gasteiger partial charge in [-0.05, 0) is 30.7 Å². The molecule has 2 aromatic heterocycles. The fraction of sp³-hybridized carbons (Fsp3) is 0.385. The van der Waals surface area contributed by atoms with E-state index in [0.717, 1.165) is 36.1 Å². The van der Waals surface area contributed by atoms with E-state index in [-0.39, 0.29) is 24.4 Å². The molecule has 1 aliphatic heterocycles. The average molecular weight is 281 g/mol. The van der Waals surface area contributed by atoms with Crippen molar-refractivity contribution in [3.63, 3.8) is 0 Å². The first-order valence-corrected chi connectivity index (χ1v) is 6.24. The van der Waals surface area contributed by atoms with Crippen LogP contribution in [0.3, 0.4) is 0 Å². The lowest BCUT2D eigenvalue weighted by Gasteiger charge is -2.10. The Balaban J connectivity index is 0.00000133. The number of nitrogens with one attached hydrogen (secondary N) is 3. The monoisotopic (exact) mass is 280 g/mol. The Labute approximate surface area is 117 Å². The summed E-state index contributed by atoms with van der Waals surface area (Å²) in [6.45, 7) is 1.86. The Morgan fingerprint density at radius 2 is 2.42 bits per heavy atom. The van der Waals surface area contributed by atoms with E-state index in [1.54, 1.807) is 6.20 Å². The molecule has 1 fully saturated rings. The summed E-state index contributed by atoms with van der Waals surface area (Å²) in [6.07, 6.45) is 5.03. The lowest BCUT2D eigenvalue weighted by Crippen LogP contribution is -2.37. The molecule has 1 saturated heterocycles. The SMILES string of the molecule is Cl.O=C(Cc1c[nH]c2ncccc12)NC1CCNC1. The molecule has 2 aromatic rings. The second-order valence-electron chi connectivity index (χ2n) is 4.65. The minimum absolute atomic E-state index is 0. The van der Waals surface area contributed by atoms with Crippen LogP contribution in [-0.4, -0.2) is 35.0 Å². The number of aromatic nitrogens is 2. The Morgan fingerprint density at radius 3 is 3.21 bits per heavy atom. The molecule has 19 heavy (non-hydrogen) atoms. The molecule has 0 saturated carbocycles. The number of halogens is 1. The number of pyridine rings is 1. The fourth-order valence-corrected chi connectivity index (χ4v) is 2.39. The topological polar surface area (TPSA) is 69.8 Å². The third kappa shape index (κ3) is 3.05. The number of carbonyl (C=O) groups excluding carboxylic acids is 1. The van der Waals surface area contributed by atoms with E-state index in [1.807, 2.05) is 18.3 Å². The van der Waals surface area contributed by atoms with Crippen LogP contribution in [0.2, 0.25) is 0 Å². The Kier molecular flexibility index (Phi) is 4.39. The average Bonchev–Trinajstić information content (AvgIpc) is 3.00.